The van der Waals surface area contributed by atoms with Crippen molar-refractivity contribution in [1.29, 1.82) is 0 Å². The number of thiazole rings is 1. The van der Waals surface area contributed by atoms with Crippen LogP contribution >= 0.6 is 11.3 Å². The van der Waals surface area contributed by atoms with Crippen molar-refractivity contribution in [2.75, 3.05) is 19.1 Å². The Balaban J connectivity index is 1.69. The molecule has 3 aromatic rings. The van der Waals surface area contributed by atoms with E-state index in [1.807, 2.05) is 24.3 Å². The first-order chi connectivity index (χ1) is 15.1. The minimum absolute atomic E-state index is 0.110. The van der Waals surface area contributed by atoms with Gasteiger partial charge in [-0.05, 0) is 49.4 Å². The quantitative estimate of drug-likeness (QED) is 0.259. The van der Waals surface area contributed by atoms with E-state index in [-0.39, 0.29) is 18.2 Å². The third-order valence-electron chi connectivity index (χ3n) is 3.99. The van der Waals surface area contributed by atoms with E-state index in [9.17, 15) is 9.18 Å². The number of methoxy groups -OCH3 is 1. The van der Waals surface area contributed by atoms with Gasteiger partial charge in [0.1, 0.15) is 11.6 Å². The highest BCUT2D eigenvalue weighted by atomic mass is 32.1. The fourth-order valence-electron chi connectivity index (χ4n) is 2.52. The monoisotopic (exact) mass is 437 g/mol. The standard InChI is InChI=1S/C23H20FN3O3S/c1-3-30-22(28)13-20-15-31-23(26-20)27-25-14-18-8-9-19(24)12-17(18)7-4-16-5-10-21(29-2)11-6-16/h5-6,8-12,14-15H,3,13H2,1-2H3,(H,26,27). The average Bonchev–Trinajstić information content (AvgIpc) is 3.21. The molecule has 0 spiro atoms. The molecule has 8 heteroatoms. The van der Waals surface area contributed by atoms with Gasteiger partial charge in [-0.2, -0.15) is 5.10 Å². The van der Waals surface area contributed by atoms with Gasteiger partial charge in [0.05, 0.1) is 32.0 Å². The molecule has 2 aromatic carbocycles. The lowest BCUT2D eigenvalue weighted by atomic mass is 10.1. The maximum Gasteiger partial charge on any atom is 0.311 e. The van der Waals surface area contributed by atoms with Gasteiger partial charge in [-0.15, -0.1) is 11.3 Å². The predicted octanol–water partition coefficient (Wildman–Crippen LogP) is 4.24. The van der Waals surface area contributed by atoms with Crippen LogP contribution in [0.2, 0.25) is 0 Å². The molecular weight excluding hydrogens is 417 g/mol. The SMILES string of the molecule is CCOC(=O)Cc1csc(NN=Cc2ccc(F)cc2C#Cc2ccc(OC)cc2)n1. The number of nitrogens with zero attached hydrogens (tertiary/aromatic N) is 2. The Kier molecular flexibility index (Phi) is 7.73. The number of carbonyl (C=O) groups excluding carboxylic acids is 1. The van der Waals surface area contributed by atoms with E-state index >= 15 is 0 Å². The smallest absolute Gasteiger partial charge is 0.311 e. The minimum Gasteiger partial charge on any atom is -0.497 e. The molecule has 0 unspecified atom stereocenters. The summed E-state index contributed by atoms with van der Waals surface area (Å²) in [7, 11) is 1.60. The summed E-state index contributed by atoms with van der Waals surface area (Å²) in [5.74, 6) is 6.02. The number of halogens is 1. The minimum atomic E-state index is -0.382. The van der Waals surface area contributed by atoms with Crippen LogP contribution < -0.4 is 10.2 Å². The largest absolute Gasteiger partial charge is 0.497 e. The summed E-state index contributed by atoms with van der Waals surface area (Å²) in [6.07, 6.45) is 1.66. The predicted molar refractivity (Wildman–Crippen MR) is 119 cm³/mol. The van der Waals surface area contributed by atoms with Gasteiger partial charge < -0.3 is 9.47 Å². The highest BCUT2D eigenvalue weighted by Crippen LogP contribution is 2.16. The fourth-order valence-corrected chi connectivity index (χ4v) is 3.18. The molecule has 1 N–H and O–H groups in total. The van der Waals surface area contributed by atoms with Crippen LogP contribution in [0.3, 0.4) is 0 Å². The number of ether oxygens (including phenoxy) is 2. The Labute approximate surface area is 183 Å². The van der Waals surface area contributed by atoms with Gasteiger partial charge in [0.25, 0.3) is 0 Å². The molecule has 0 saturated carbocycles. The normalized spacial score (nSPS) is 10.4. The van der Waals surface area contributed by atoms with Crippen molar-refractivity contribution >= 4 is 28.7 Å². The zero-order valence-electron chi connectivity index (χ0n) is 17.0. The first-order valence-corrected chi connectivity index (χ1v) is 10.3. The van der Waals surface area contributed by atoms with Gasteiger partial charge in [0, 0.05) is 22.1 Å². The van der Waals surface area contributed by atoms with Crippen molar-refractivity contribution in [2.45, 2.75) is 13.3 Å². The number of hydrogen-bond acceptors (Lipinski definition) is 7. The molecule has 1 heterocycles. The van der Waals surface area contributed by atoms with Crippen LogP contribution in [0.15, 0.2) is 52.9 Å². The number of rotatable bonds is 7. The van der Waals surface area contributed by atoms with Crippen molar-refractivity contribution in [3.63, 3.8) is 0 Å². The third kappa shape index (κ3) is 6.66. The van der Waals surface area contributed by atoms with Crippen molar-refractivity contribution in [3.8, 4) is 17.6 Å². The number of nitrogens with one attached hydrogen (secondary N) is 1. The molecule has 0 aliphatic carbocycles. The first kappa shape index (κ1) is 22.0. The number of benzene rings is 2. The summed E-state index contributed by atoms with van der Waals surface area (Å²) in [4.78, 5) is 15.8. The summed E-state index contributed by atoms with van der Waals surface area (Å²) < 4.78 is 23.8. The second kappa shape index (κ2) is 10.9. The molecule has 0 aliphatic rings. The van der Waals surface area contributed by atoms with Crippen LogP contribution in [0.25, 0.3) is 0 Å². The summed E-state index contributed by atoms with van der Waals surface area (Å²) in [5.41, 5.74) is 5.36. The van der Waals surface area contributed by atoms with Crippen molar-refractivity contribution in [3.05, 3.63) is 76.0 Å². The van der Waals surface area contributed by atoms with Gasteiger partial charge in [0.2, 0.25) is 5.13 Å². The van der Waals surface area contributed by atoms with Crippen LogP contribution in [-0.2, 0) is 16.0 Å². The number of carbonyl (C=O) groups is 1. The molecule has 0 atom stereocenters. The van der Waals surface area contributed by atoms with Crippen molar-refractivity contribution in [2.24, 2.45) is 5.10 Å². The first-order valence-electron chi connectivity index (χ1n) is 9.42. The Morgan fingerprint density at radius 1 is 1.26 bits per heavy atom. The molecule has 0 saturated heterocycles. The lowest BCUT2D eigenvalue weighted by Gasteiger charge is -2.00. The number of hydrazone groups is 1. The van der Waals surface area contributed by atoms with E-state index in [1.165, 1.54) is 23.5 Å². The molecule has 31 heavy (non-hydrogen) atoms. The molecule has 0 fully saturated rings. The van der Waals surface area contributed by atoms with Gasteiger partial charge in [-0.3, -0.25) is 10.2 Å². The summed E-state index contributed by atoms with van der Waals surface area (Å²) in [6, 6.07) is 11.6. The van der Waals surface area contributed by atoms with E-state index < -0.39 is 0 Å². The summed E-state index contributed by atoms with van der Waals surface area (Å²) in [5, 5.41) is 6.45. The second-order valence-electron chi connectivity index (χ2n) is 6.21. The van der Waals surface area contributed by atoms with Crippen LogP contribution in [0.4, 0.5) is 9.52 Å². The highest BCUT2D eigenvalue weighted by molar-refractivity contribution is 7.13. The Hall–Kier alpha value is -3.70. The average molecular weight is 437 g/mol. The Morgan fingerprint density at radius 3 is 2.81 bits per heavy atom. The molecule has 0 amide bonds. The van der Waals surface area contributed by atoms with Gasteiger partial charge >= 0.3 is 5.97 Å². The van der Waals surface area contributed by atoms with Gasteiger partial charge in [-0.1, -0.05) is 11.8 Å². The lowest BCUT2D eigenvalue weighted by Crippen LogP contribution is -2.07. The van der Waals surface area contributed by atoms with Gasteiger partial charge in [0.15, 0.2) is 0 Å². The number of esters is 1. The molecule has 0 radical (unpaired) electrons. The van der Waals surface area contributed by atoms with Crippen LogP contribution in [0.5, 0.6) is 5.75 Å². The maximum atomic E-state index is 13.7. The number of anilines is 1. The van der Waals surface area contributed by atoms with E-state index in [0.717, 1.165) is 11.3 Å². The van der Waals surface area contributed by atoms with Gasteiger partial charge in [-0.25, -0.2) is 9.37 Å². The van der Waals surface area contributed by atoms with Crippen LogP contribution in [0.1, 0.15) is 29.3 Å². The van der Waals surface area contributed by atoms with E-state index in [1.54, 1.807) is 31.7 Å². The Bertz CT molecular complexity index is 1130. The van der Waals surface area contributed by atoms with E-state index in [4.69, 9.17) is 9.47 Å². The summed E-state index contributed by atoms with van der Waals surface area (Å²) in [6.45, 7) is 2.09. The van der Waals surface area contributed by atoms with Crippen molar-refractivity contribution in [1.82, 2.24) is 4.98 Å². The topological polar surface area (TPSA) is 72.8 Å². The molecule has 0 aliphatic heterocycles. The maximum absolute atomic E-state index is 13.7. The fraction of sp³-hybridized carbons (Fsp3) is 0.174. The number of aromatic nitrogens is 1. The van der Waals surface area contributed by atoms with Crippen LogP contribution in [-0.4, -0.2) is 30.9 Å². The lowest BCUT2D eigenvalue weighted by molar-refractivity contribution is -0.142. The molecule has 158 valence electrons. The zero-order valence-corrected chi connectivity index (χ0v) is 17.8. The molecule has 0 bridgehead atoms. The molecule has 1 aromatic heterocycles. The van der Waals surface area contributed by atoms with Crippen LogP contribution in [0, 0.1) is 17.7 Å². The highest BCUT2D eigenvalue weighted by Gasteiger charge is 2.08. The second-order valence-corrected chi connectivity index (χ2v) is 7.06. The van der Waals surface area contributed by atoms with Crippen molar-refractivity contribution < 1.29 is 18.7 Å². The summed E-state index contributed by atoms with van der Waals surface area (Å²) >= 11 is 1.32. The third-order valence-corrected chi connectivity index (χ3v) is 4.79. The Morgan fingerprint density at radius 2 is 2.06 bits per heavy atom. The molecule has 3 rings (SSSR count). The van der Waals surface area contributed by atoms with E-state index in [0.29, 0.717) is 28.6 Å². The zero-order chi connectivity index (χ0) is 22.1. The van der Waals surface area contributed by atoms with E-state index in [2.05, 4.69) is 27.4 Å². The molecule has 6 nitrogen and oxygen atoms in total. The molecular formula is C23H20FN3O3S. The number of hydrogen-bond donors (Lipinski definition) is 1.